The van der Waals surface area contributed by atoms with Crippen LogP contribution < -0.4 is 10.6 Å². The van der Waals surface area contributed by atoms with E-state index < -0.39 is 17.5 Å². The standard InChI is InChI=1S/C19H22N4O3/c1-13-4-2-3-10-19(13)17(25)23(18(26)22-19)12-16(24)21-15-7-5-14(6-8-15)9-11-20/h5-8,13H,2-4,9-10,12H2,1H3,(H,21,24)(H,22,26)/t13-,19-/m1/s1. The minimum Gasteiger partial charge on any atom is -0.325 e. The van der Waals surface area contributed by atoms with Crippen molar-refractivity contribution in [2.24, 2.45) is 5.92 Å². The molecule has 3 rings (SSSR count). The van der Waals surface area contributed by atoms with E-state index in [1.165, 1.54) is 0 Å². The van der Waals surface area contributed by atoms with Gasteiger partial charge in [-0.3, -0.25) is 14.5 Å². The number of carbonyl (C=O) groups excluding carboxylic acids is 3. The van der Waals surface area contributed by atoms with Gasteiger partial charge in [0.1, 0.15) is 12.1 Å². The lowest BCUT2D eigenvalue weighted by atomic mass is 9.73. The molecular formula is C19H22N4O3. The molecule has 2 aliphatic rings. The Hall–Kier alpha value is -2.88. The summed E-state index contributed by atoms with van der Waals surface area (Å²) in [5.41, 5.74) is 0.562. The second kappa shape index (κ2) is 7.16. The summed E-state index contributed by atoms with van der Waals surface area (Å²) in [4.78, 5) is 38.4. The molecule has 2 atom stereocenters. The summed E-state index contributed by atoms with van der Waals surface area (Å²) in [7, 11) is 0. The van der Waals surface area contributed by atoms with Crippen molar-refractivity contribution in [2.45, 2.75) is 44.6 Å². The van der Waals surface area contributed by atoms with Gasteiger partial charge in [0, 0.05) is 5.69 Å². The van der Waals surface area contributed by atoms with E-state index in [1.54, 1.807) is 24.3 Å². The lowest BCUT2D eigenvalue weighted by molar-refractivity contribution is -0.136. The molecule has 136 valence electrons. The first-order valence-corrected chi connectivity index (χ1v) is 8.86. The Morgan fingerprint density at radius 3 is 2.73 bits per heavy atom. The van der Waals surface area contributed by atoms with Crippen LogP contribution in [0.2, 0.25) is 0 Å². The van der Waals surface area contributed by atoms with E-state index in [4.69, 9.17) is 5.26 Å². The molecule has 1 saturated heterocycles. The van der Waals surface area contributed by atoms with Gasteiger partial charge in [0.25, 0.3) is 5.91 Å². The third kappa shape index (κ3) is 3.27. The third-order valence-corrected chi connectivity index (χ3v) is 5.32. The fourth-order valence-corrected chi connectivity index (χ4v) is 3.78. The van der Waals surface area contributed by atoms with Crippen LogP contribution in [0.15, 0.2) is 24.3 Å². The normalized spacial score (nSPS) is 25.1. The molecular weight excluding hydrogens is 332 g/mol. The molecule has 4 amide bonds. The Balaban J connectivity index is 1.64. The second-order valence-electron chi connectivity index (χ2n) is 7.02. The summed E-state index contributed by atoms with van der Waals surface area (Å²) in [5.74, 6) is -0.662. The van der Waals surface area contributed by atoms with Gasteiger partial charge in [-0.15, -0.1) is 0 Å². The molecule has 7 nitrogen and oxygen atoms in total. The maximum Gasteiger partial charge on any atom is 0.325 e. The maximum atomic E-state index is 12.8. The van der Waals surface area contributed by atoms with E-state index in [1.807, 2.05) is 6.92 Å². The number of anilines is 1. The van der Waals surface area contributed by atoms with Gasteiger partial charge >= 0.3 is 6.03 Å². The maximum absolute atomic E-state index is 12.8. The number of urea groups is 1. The summed E-state index contributed by atoms with van der Waals surface area (Å²) >= 11 is 0. The van der Waals surface area contributed by atoms with Gasteiger partial charge in [0.15, 0.2) is 0 Å². The molecule has 2 fully saturated rings. The van der Waals surface area contributed by atoms with E-state index in [9.17, 15) is 14.4 Å². The highest BCUT2D eigenvalue weighted by atomic mass is 16.2. The first kappa shape index (κ1) is 17.9. The van der Waals surface area contributed by atoms with Gasteiger partial charge in [-0.05, 0) is 36.5 Å². The number of hydrogen-bond acceptors (Lipinski definition) is 4. The number of nitrogens with one attached hydrogen (secondary N) is 2. The van der Waals surface area contributed by atoms with Gasteiger partial charge in [0.2, 0.25) is 5.91 Å². The molecule has 0 radical (unpaired) electrons. The average molecular weight is 354 g/mol. The molecule has 0 bridgehead atoms. The largest absolute Gasteiger partial charge is 0.325 e. The van der Waals surface area contributed by atoms with Crippen molar-refractivity contribution < 1.29 is 14.4 Å². The summed E-state index contributed by atoms with van der Waals surface area (Å²) in [5, 5.41) is 14.2. The van der Waals surface area contributed by atoms with Gasteiger partial charge in [0.05, 0.1) is 12.5 Å². The predicted molar refractivity (Wildman–Crippen MR) is 95.0 cm³/mol. The summed E-state index contributed by atoms with van der Waals surface area (Å²) in [6.07, 6.45) is 3.76. The quantitative estimate of drug-likeness (QED) is 0.809. The predicted octanol–water partition coefficient (Wildman–Crippen LogP) is 2.19. The molecule has 1 saturated carbocycles. The summed E-state index contributed by atoms with van der Waals surface area (Å²) in [6, 6.07) is 8.46. The molecule has 1 aromatic carbocycles. The highest BCUT2D eigenvalue weighted by Crippen LogP contribution is 2.38. The second-order valence-corrected chi connectivity index (χ2v) is 7.02. The molecule has 1 aliphatic carbocycles. The molecule has 1 heterocycles. The number of amides is 4. The molecule has 0 aromatic heterocycles. The summed E-state index contributed by atoms with van der Waals surface area (Å²) < 4.78 is 0. The number of rotatable bonds is 4. The monoisotopic (exact) mass is 354 g/mol. The topological polar surface area (TPSA) is 102 Å². The van der Waals surface area contributed by atoms with Crippen LogP contribution in [0.3, 0.4) is 0 Å². The fourth-order valence-electron chi connectivity index (χ4n) is 3.78. The Morgan fingerprint density at radius 2 is 2.08 bits per heavy atom. The van der Waals surface area contributed by atoms with E-state index >= 15 is 0 Å². The lowest BCUT2D eigenvalue weighted by Gasteiger charge is -2.36. The van der Waals surface area contributed by atoms with Crippen molar-refractivity contribution in [1.82, 2.24) is 10.2 Å². The average Bonchev–Trinajstić information content (AvgIpc) is 2.85. The van der Waals surface area contributed by atoms with Crippen molar-refractivity contribution in [2.75, 3.05) is 11.9 Å². The van der Waals surface area contributed by atoms with Gasteiger partial charge in [-0.1, -0.05) is 31.9 Å². The van der Waals surface area contributed by atoms with Crippen molar-refractivity contribution in [3.8, 4) is 6.07 Å². The van der Waals surface area contributed by atoms with Crippen LogP contribution in [-0.2, 0) is 16.0 Å². The van der Waals surface area contributed by atoms with Crippen LogP contribution in [-0.4, -0.2) is 34.8 Å². The van der Waals surface area contributed by atoms with Crippen molar-refractivity contribution in [3.05, 3.63) is 29.8 Å². The SMILES string of the molecule is C[C@@H]1CCCC[C@@]12NC(=O)N(CC(=O)Nc1ccc(CC#N)cc1)C2=O. The molecule has 0 unspecified atom stereocenters. The van der Waals surface area contributed by atoms with Crippen LogP contribution >= 0.6 is 0 Å². The van der Waals surface area contributed by atoms with Gasteiger partial charge in [-0.2, -0.15) is 5.26 Å². The minimum absolute atomic E-state index is 0.0634. The van der Waals surface area contributed by atoms with Gasteiger partial charge in [-0.25, -0.2) is 4.79 Å². The van der Waals surface area contributed by atoms with E-state index in [0.717, 1.165) is 29.7 Å². The number of nitrogens with zero attached hydrogens (tertiary/aromatic N) is 2. The van der Waals surface area contributed by atoms with Crippen LogP contribution in [0.5, 0.6) is 0 Å². The Morgan fingerprint density at radius 1 is 1.35 bits per heavy atom. The summed E-state index contributed by atoms with van der Waals surface area (Å²) in [6.45, 7) is 1.67. The number of hydrogen-bond donors (Lipinski definition) is 2. The Bertz CT molecular complexity index is 768. The molecule has 26 heavy (non-hydrogen) atoms. The Labute approximate surface area is 152 Å². The van der Waals surface area contributed by atoms with Crippen LogP contribution in [0.1, 0.15) is 38.2 Å². The van der Waals surface area contributed by atoms with E-state index in [-0.39, 0.29) is 18.4 Å². The highest BCUT2D eigenvalue weighted by Gasteiger charge is 2.55. The number of imide groups is 1. The van der Waals surface area contributed by atoms with E-state index in [0.29, 0.717) is 18.5 Å². The fraction of sp³-hybridized carbons (Fsp3) is 0.474. The van der Waals surface area contributed by atoms with Crippen molar-refractivity contribution in [3.63, 3.8) is 0 Å². The lowest BCUT2D eigenvalue weighted by Crippen LogP contribution is -2.54. The molecule has 1 aliphatic heterocycles. The van der Waals surface area contributed by atoms with Crippen molar-refractivity contribution in [1.29, 1.82) is 5.26 Å². The van der Waals surface area contributed by atoms with E-state index in [2.05, 4.69) is 16.7 Å². The first-order chi connectivity index (χ1) is 12.5. The van der Waals surface area contributed by atoms with Crippen LogP contribution in [0.25, 0.3) is 0 Å². The zero-order valence-corrected chi connectivity index (χ0v) is 14.7. The first-order valence-electron chi connectivity index (χ1n) is 8.86. The number of benzene rings is 1. The molecule has 1 spiro atoms. The minimum atomic E-state index is -0.853. The third-order valence-electron chi connectivity index (χ3n) is 5.32. The van der Waals surface area contributed by atoms with Crippen molar-refractivity contribution >= 4 is 23.5 Å². The van der Waals surface area contributed by atoms with Crippen LogP contribution in [0.4, 0.5) is 10.5 Å². The molecule has 2 N–H and O–H groups in total. The zero-order chi connectivity index (χ0) is 18.7. The zero-order valence-electron chi connectivity index (χ0n) is 14.7. The number of nitriles is 1. The van der Waals surface area contributed by atoms with Crippen LogP contribution in [0, 0.1) is 17.2 Å². The number of carbonyl (C=O) groups is 3. The molecule has 7 heteroatoms. The smallest absolute Gasteiger partial charge is 0.325 e. The Kier molecular flexibility index (Phi) is 4.94. The highest BCUT2D eigenvalue weighted by molar-refractivity contribution is 6.10. The van der Waals surface area contributed by atoms with Gasteiger partial charge < -0.3 is 10.6 Å². The molecule has 1 aromatic rings.